The normalized spacial score (nSPS) is 10.7. The molecule has 0 bridgehead atoms. The minimum absolute atomic E-state index is 0.767. The summed E-state index contributed by atoms with van der Waals surface area (Å²) < 4.78 is 0. The van der Waals surface area contributed by atoms with Crippen molar-refractivity contribution in [1.82, 2.24) is 9.97 Å². The van der Waals surface area contributed by atoms with Gasteiger partial charge in [0, 0.05) is 16.6 Å². The number of hydrogen-bond donors (Lipinski definition) is 0. The van der Waals surface area contributed by atoms with Gasteiger partial charge in [0.1, 0.15) is 6.33 Å². The minimum Gasteiger partial charge on any atom is -0.244 e. The van der Waals surface area contributed by atoms with E-state index in [9.17, 15) is 0 Å². The standard InChI is InChI=1S/C10H9ClN2/c1-6-7(2)9(11)3-10-8(6)4-12-5-13-10/h3-5H,1-2H3. The van der Waals surface area contributed by atoms with E-state index >= 15 is 0 Å². The van der Waals surface area contributed by atoms with Crippen molar-refractivity contribution in [3.8, 4) is 0 Å². The quantitative estimate of drug-likeness (QED) is 0.642. The summed E-state index contributed by atoms with van der Waals surface area (Å²) in [5, 5.41) is 1.84. The van der Waals surface area contributed by atoms with E-state index in [4.69, 9.17) is 11.6 Å². The van der Waals surface area contributed by atoms with Crippen LogP contribution in [0.25, 0.3) is 10.9 Å². The molecule has 2 aromatic rings. The predicted molar refractivity (Wildman–Crippen MR) is 54.0 cm³/mol. The van der Waals surface area contributed by atoms with Crippen LogP contribution in [-0.4, -0.2) is 9.97 Å². The van der Waals surface area contributed by atoms with E-state index in [1.807, 2.05) is 26.1 Å². The second-order valence-electron chi connectivity index (χ2n) is 3.06. The molecule has 0 amide bonds. The molecular formula is C10H9ClN2. The summed E-state index contributed by atoms with van der Waals surface area (Å²) in [6.45, 7) is 4.04. The van der Waals surface area contributed by atoms with Gasteiger partial charge in [-0.3, -0.25) is 0 Å². The first-order chi connectivity index (χ1) is 6.20. The number of aromatic nitrogens is 2. The third kappa shape index (κ3) is 1.27. The van der Waals surface area contributed by atoms with Crippen molar-refractivity contribution in [3.05, 3.63) is 34.7 Å². The Bertz CT molecular complexity index is 466. The highest BCUT2D eigenvalue weighted by atomic mass is 35.5. The zero-order chi connectivity index (χ0) is 9.42. The Morgan fingerprint density at radius 1 is 1.23 bits per heavy atom. The molecule has 0 saturated carbocycles. The lowest BCUT2D eigenvalue weighted by molar-refractivity contribution is 1.21. The Hall–Kier alpha value is -1.15. The molecule has 0 spiro atoms. The molecular weight excluding hydrogens is 184 g/mol. The second-order valence-corrected chi connectivity index (χ2v) is 3.47. The van der Waals surface area contributed by atoms with E-state index in [0.29, 0.717) is 0 Å². The van der Waals surface area contributed by atoms with E-state index in [-0.39, 0.29) is 0 Å². The van der Waals surface area contributed by atoms with Crippen LogP contribution < -0.4 is 0 Å². The summed E-state index contributed by atoms with van der Waals surface area (Å²) in [4.78, 5) is 8.14. The molecule has 0 fully saturated rings. The molecule has 1 aromatic heterocycles. The van der Waals surface area contributed by atoms with Gasteiger partial charge in [-0.2, -0.15) is 0 Å². The van der Waals surface area contributed by atoms with Gasteiger partial charge in [0.05, 0.1) is 5.52 Å². The molecule has 1 heterocycles. The number of benzene rings is 1. The van der Waals surface area contributed by atoms with Crippen LogP contribution in [0.1, 0.15) is 11.1 Å². The van der Waals surface area contributed by atoms with Crippen molar-refractivity contribution in [2.75, 3.05) is 0 Å². The molecule has 0 unspecified atom stereocenters. The van der Waals surface area contributed by atoms with Crippen molar-refractivity contribution >= 4 is 22.5 Å². The van der Waals surface area contributed by atoms with Crippen LogP contribution >= 0.6 is 11.6 Å². The van der Waals surface area contributed by atoms with Crippen molar-refractivity contribution in [1.29, 1.82) is 0 Å². The van der Waals surface area contributed by atoms with E-state index in [1.165, 1.54) is 6.33 Å². The van der Waals surface area contributed by atoms with Crippen LogP contribution in [0.4, 0.5) is 0 Å². The summed E-state index contributed by atoms with van der Waals surface area (Å²) >= 11 is 6.03. The third-order valence-electron chi connectivity index (χ3n) is 2.33. The first-order valence-corrected chi connectivity index (χ1v) is 4.43. The van der Waals surface area contributed by atoms with Crippen LogP contribution in [0, 0.1) is 13.8 Å². The van der Waals surface area contributed by atoms with Crippen LogP contribution in [0.3, 0.4) is 0 Å². The second kappa shape index (κ2) is 2.96. The maximum Gasteiger partial charge on any atom is 0.116 e. The molecule has 2 rings (SSSR count). The van der Waals surface area contributed by atoms with Gasteiger partial charge in [-0.15, -0.1) is 0 Å². The van der Waals surface area contributed by atoms with Gasteiger partial charge >= 0.3 is 0 Å². The lowest BCUT2D eigenvalue weighted by atomic mass is 10.1. The summed E-state index contributed by atoms with van der Waals surface area (Å²) in [7, 11) is 0. The molecule has 1 aromatic carbocycles. The fourth-order valence-electron chi connectivity index (χ4n) is 1.35. The topological polar surface area (TPSA) is 25.8 Å². The zero-order valence-corrected chi connectivity index (χ0v) is 8.26. The molecule has 66 valence electrons. The van der Waals surface area contributed by atoms with Gasteiger partial charge in [0.2, 0.25) is 0 Å². The average molecular weight is 193 g/mol. The number of halogens is 1. The first kappa shape index (κ1) is 8.45. The first-order valence-electron chi connectivity index (χ1n) is 4.05. The molecule has 0 N–H and O–H groups in total. The fraction of sp³-hybridized carbons (Fsp3) is 0.200. The molecule has 2 nitrogen and oxygen atoms in total. The highest BCUT2D eigenvalue weighted by Gasteiger charge is 2.05. The zero-order valence-electron chi connectivity index (χ0n) is 7.50. The molecule has 13 heavy (non-hydrogen) atoms. The smallest absolute Gasteiger partial charge is 0.116 e. The molecule has 0 saturated heterocycles. The number of aryl methyl sites for hydroxylation is 1. The summed E-state index contributed by atoms with van der Waals surface area (Å²) in [6, 6.07) is 1.88. The van der Waals surface area contributed by atoms with Gasteiger partial charge in [0.25, 0.3) is 0 Å². The lowest BCUT2D eigenvalue weighted by Gasteiger charge is -2.05. The van der Waals surface area contributed by atoms with Crippen molar-refractivity contribution < 1.29 is 0 Å². The van der Waals surface area contributed by atoms with E-state index in [0.717, 1.165) is 27.1 Å². The number of rotatable bonds is 0. The number of nitrogens with zero attached hydrogens (tertiary/aromatic N) is 2. The highest BCUT2D eigenvalue weighted by Crippen LogP contribution is 2.25. The molecule has 0 aliphatic rings. The number of hydrogen-bond acceptors (Lipinski definition) is 2. The Kier molecular flexibility index (Phi) is 1.93. The third-order valence-corrected chi connectivity index (χ3v) is 2.72. The van der Waals surface area contributed by atoms with Crippen LogP contribution in [-0.2, 0) is 0 Å². The Morgan fingerprint density at radius 3 is 2.77 bits per heavy atom. The Labute approximate surface area is 81.6 Å². The van der Waals surface area contributed by atoms with E-state index in [2.05, 4.69) is 9.97 Å². The summed E-state index contributed by atoms with van der Waals surface area (Å²) in [6.07, 6.45) is 3.36. The van der Waals surface area contributed by atoms with Gasteiger partial charge in [-0.25, -0.2) is 9.97 Å². The van der Waals surface area contributed by atoms with Crippen LogP contribution in [0.15, 0.2) is 18.6 Å². The number of fused-ring (bicyclic) bond motifs is 1. The van der Waals surface area contributed by atoms with E-state index in [1.54, 1.807) is 0 Å². The molecule has 0 atom stereocenters. The Morgan fingerprint density at radius 2 is 2.00 bits per heavy atom. The molecule has 0 aliphatic heterocycles. The molecule has 3 heteroatoms. The fourth-order valence-corrected chi connectivity index (χ4v) is 1.60. The van der Waals surface area contributed by atoms with Crippen LogP contribution in [0.5, 0.6) is 0 Å². The van der Waals surface area contributed by atoms with Gasteiger partial charge < -0.3 is 0 Å². The van der Waals surface area contributed by atoms with Crippen molar-refractivity contribution in [3.63, 3.8) is 0 Å². The summed E-state index contributed by atoms with van der Waals surface area (Å²) in [5.74, 6) is 0. The largest absolute Gasteiger partial charge is 0.244 e. The summed E-state index contributed by atoms with van der Waals surface area (Å²) in [5.41, 5.74) is 3.16. The maximum absolute atomic E-state index is 6.03. The van der Waals surface area contributed by atoms with Gasteiger partial charge in [-0.1, -0.05) is 11.6 Å². The van der Waals surface area contributed by atoms with Gasteiger partial charge in [-0.05, 0) is 31.0 Å². The maximum atomic E-state index is 6.03. The lowest BCUT2D eigenvalue weighted by Crippen LogP contribution is -1.88. The Balaban J connectivity index is 2.94. The molecule has 0 radical (unpaired) electrons. The molecule has 0 aliphatic carbocycles. The van der Waals surface area contributed by atoms with Gasteiger partial charge in [0.15, 0.2) is 0 Å². The van der Waals surface area contributed by atoms with Crippen LogP contribution in [0.2, 0.25) is 5.02 Å². The monoisotopic (exact) mass is 192 g/mol. The average Bonchev–Trinajstić information content (AvgIpc) is 2.15. The minimum atomic E-state index is 0.767. The SMILES string of the molecule is Cc1c(Cl)cc2ncncc2c1C. The highest BCUT2D eigenvalue weighted by molar-refractivity contribution is 6.32. The van der Waals surface area contributed by atoms with Crippen molar-refractivity contribution in [2.24, 2.45) is 0 Å². The van der Waals surface area contributed by atoms with E-state index < -0.39 is 0 Å². The van der Waals surface area contributed by atoms with Crippen molar-refractivity contribution in [2.45, 2.75) is 13.8 Å². The predicted octanol–water partition coefficient (Wildman–Crippen LogP) is 2.90.